The third-order valence-electron chi connectivity index (χ3n) is 2.77. The summed E-state index contributed by atoms with van der Waals surface area (Å²) in [6, 6.07) is 0.0740. The first kappa shape index (κ1) is 16.4. The van der Waals surface area contributed by atoms with Gasteiger partial charge >= 0.3 is 0 Å². The maximum absolute atomic E-state index is 11.3. The van der Waals surface area contributed by atoms with Crippen molar-refractivity contribution in [3.05, 3.63) is 0 Å². The molecule has 0 radical (unpaired) electrons. The zero-order chi connectivity index (χ0) is 13.4. The number of carbonyl (C=O) groups excluding carboxylic acids is 1. The third-order valence-corrected chi connectivity index (χ3v) is 2.77. The number of nitrogens with two attached hydrogens (primary N) is 1. The summed E-state index contributed by atoms with van der Waals surface area (Å²) in [7, 11) is 2.09. The Labute approximate surface area is 106 Å². The summed E-state index contributed by atoms with van der Waals surface area (Å²) in [6.45, 7) is 10.5. The van der Waals surface area contributed by atoms with Crippen molar-refractivity contribution in [3.63, 3.8) is 0 Å². The van der Waals surface area contributed by atoms with E-state index in [1.54, 1.807) is 0 Å². The quantitative estimate of drug-likeness (QED) is 0.640. The van der Waals surface area contributed by atoms with E-state index in [-0.39, 0.29) is 18.0 Å². The Bertz CT molecular complexity index is 217. The number of primary amides is 1. The fourth-order valence-corrected chi connectivity index (χ4v) is 1.65. The standard InChI is InChI=1S/C13H29N3O/c1-10(2)6-8-16(5)9-7-12(13(14)17)15-11(3)4/h10-12,15H,6-9H2,1-5H3,(H2,14,17). The van der Waals surface area contributed by atoms with Crippen molar-refractivity contribution < 1.29 is 4.79 Å². The summed E-state index contributed by atoms with van der Waals surface area (Å²) in [6.07, 6.45) is 1.97. The van der Waals surface area contributed by atoms with Crippen molar-refractivity contribution in [2.75, 3.05) is 20.1 Å². The van der Waals surface area contributed by atoms with E-state index in [0.717, 1.165) is 25.4 Å². The van der Waals surface area contributed by atoms with Crippen molar-refractivity contribution in [2.45, 2.75) is 52.6 Å². The van der Waals surface area contributed by atoms with Gasteiger partial charge in [0.1, 0.15) is 0 Å². The molecule has 0 aliphatic carbocycles. The van der Waals surface area contributed by atoms with Crippen LogP contribution in [-0.2, 0) is 4.79 Å². The molecule has 0 aromatic carbocycles. The molecule has 4 nitrogen and oxygen atoms in total. The Morgan fingerprint density at radius 3 is 2.12 bits per heavy atom. The zero-order valence-corrected chi connectivity index (χ0v) is 12.0. The zero-order valence-electron chi connectivity index (χ0n) is 12.0. The second-order valence-electron chi connectivity index (χ2n) is 5.55. The summed E-state index contributed by atoms with van der Waals surface area (Å²) < 4.78 is 0. The molecule has 0 spiro atoms. The highest BCUT2D eigenvalue weighted by atomic mass is 16.1. The minimum absolute atomic E-state index is 0.212. The Hall–Kier alpha value is -0.610. The van der Waals surface area contributed by atoms with Crippen LogP contribution >= 0.6 is 0 Å². The predicted octanol–water partition coefficient (Wildman–Crippen LogP) is 1.21. The van der Waals surface area contributed by atoms with E-state index < -0.39 is 0 Å². The number of nitrogens with one attached hydrogen (secondary N) is 1. The van der Waals surface area contributed by atoms with Gasteiger partial charge in [0.25, 0.3) is 0 Å². The third kappa shape index (κ3) is 9.12. The van der Waals surface area contributed by atoms with Crippen molar-refractivity contribution in [1.29, 1.82) is 0 Å². The van der Waals surface area contributed by atoms with E-state index in [9.17, 15) is 4.79 Å². The summed E-state index contributed by atoms with van der Waals surface area (Å²) in [5.74, 6) is 0.467. The van der Waals surface area contributed by atoms with E-state index in [4.69, 9.17) is 5.73 Å². The van der Waals surface area contributed by atoms with E-state index in [1.807, 2.05) is 13.8 Å². The van der Waals surface area contributed by atoms with Crippen LogP contribution in [-0.4, -0.2) is 43.0 Å². The lowest BCUT2D eigenvalue weighted by Gasteiger charge is -2.22. The number of amides is 1. The summed E-state index contributed by atoms with van der Waals surface area (Å²) in [5.41, 5.74) is 5.37. The van der Waals surface area contributed by atoms with Crippen molar-refractivity contribution >= 4 is 5.91 Å². The van der Waals surface area contributed by atoms with Gasteiger partial charge in [0.2, 0.25) is 5.91 Å². The molecular formula is C13H29N3O. The van der Waals surface area contributed by atoms with E-state index in [0.29, 0.717) is 0 Å². The predicted molar refractivity (Wildman–Crippen MR) is 72.8 cm³/mol. The molecular weight excluding hydrogens is 214 g/mol. The van der Waals surface area contributed by atoms with Crippen LogP contribution in [0.1, 0.15) is 40.5 Å². The lowest BCUT2D eigenvalue weighted by atomic mass is 10.1. The first-order valence-corrected chi connectivity index (χ1v) is 6.56. The monoisotopic (exact) mass is 243 g/mol. The maximum Gasteiger partial charge on any atom is 0.234 e. The number of carbonyl (C=O) groups is 1. The lowest BCUT2D eigenvalue weighted by molar-refractivity contribution is -0.120. The number of hydrogen-bond acceptors (Lipinski definition) is 3. The first-order valence-electron chi connectivity index (χ1n) is 6.56. The average Bonchev–Trinajstić information content (AvgIpc) is 2.20. The van der Waals surface area contributed by atoms with Crippen LogP contribution in [0.25, 0.3) is 0 Å². The molecule has 102 valence electrons. The van der Waals surface area contributed by atoms with Gasteiger partial charge in [-0.2, -0.15) is 0 Å². The normalized spacial score (nSPS) is 13.6. The molecule has 4 heteroatoms. The second kappa shape index (κ2) is 8.48. The molecule has 1 amide bonds. The molecule has 0 aliphatic heterocycles. The van der Waals surface area contributed by atoms with Gasteiger partial charge in [-0.25, -0.2) is 0 Å². The first-order chi connectivity index (χ1) is 7.82. The van der Waals surface area contributed by atoms with Crippen LogP contribution in [0.15, 0.2) is 0 Å². The largest absolute Gasteiger partial charge is 0.368 e. The van der Waals surface area contributed by atoms with Gasteiger partial charge in [-0.05, 0) is 38.9 Å². The van der Waals surface area contributed by atoms with Crippen LogP contribution in [0.3, 0.4) is 0 Å². The second-order valence-corrected chi connectivity index (χ2v) is 5.55. The highest BCUT2D eigenvalue weighted by Crippen LogP contribution is 2.02. The Morgan fingerprint density at radius 2 is 1.71 bits per heavy atom. The topological polar surface area (TPSA) is 58.4 Å². The molecule has 0 fully saturated rings. The molecule has 0 saturated heterocycles. The number of rotatable bonds is 9. The number of nitrogens with zero attached hydrogens (tertiary/aromatic N) is 1. The summed E-state index contributed by atoms with van der Waals surface area (Å²) in [5, 5.41) is 3.20. The van der Waals surface area contributed by atoms with E-state index >= 15 is 0 Å². The van der Waals surface area contributed by atoms with Crippen LogP contribution in [0.4, 0.5) is 0 Å². The average molecular weight is 243 g/mol. The van der Waals surface area contributed by atoms with Gasteiger partial charge in [-0.3, -0.25) is 4.79 Å². The summed E-state index contributed by atoms with van der Waals surface area (Å²) >= 11 is 0. The Balaban J connectivity index is 3.91. The fourth-order valence-electron chi connectivity index (χ4n) is 1.65. The van der Waals surface area contributed by atoms with Crippen molar-refractivity contribution in [1.82, 2.24) is 10.2 Å². The lowest BCUT2D eigenvalue weighted by Crippen LogP contribution is -2.46. The molecule has 0 rings (SSSR count). The highest BCUT2D eigenvalue weighted by Gasteiger charge is 2.16. The molecule has 1 atom stereocenters. The Morgan fingerprint density at radius 1 is 1.18 bits per heavy atom. The summed E-state index contributed by atoms with van der Waals surface area (Å²) in [4.78, 5) is 13.5. The van der Waals surface area contributed by atoms with Gasteiger partial charge in [-0.1, -0.05) is 27.7 Å². The van der Waals surface area contributed by atoms with Crippen LogP contribution < -0.4 is 11.1 Å². The number of hydrogen-bond donors (Lipinski definition) is 2. The van der Waals surface area contributed by atoms with Gasteiger partial charge in [0, 0.05) is 6.04 Å². The van der Waals surface area contributed by atoms with Gasteiger partial charge in [0.05, 0.1) is 6.04 Å². The van der Waals surface area contributed by atoms with Crippen LogP contribution in [0, 0.1) is 5.92 Å². The molecule has 17 heavy (non-hydrogen) atoms. The highest BCUT2D eigenvalue weighted by molar-refractivity contribution is 5.79. The molecule has 3 N–H and O–H groups in total. The molecule has 0 bridgehead atoms. The minimum Gasteiger partial charge on any atom is -0.368 e. The molecule has 0 aliphatic rings. The fraction of sp³-hybridized carbons (Fsp3) is 0.923. The van der Waals surface area contributed by atoms with Gasteiger partial charge in [0.15, 0.2) is 0 Å². The van der Waals surface area contributed by atoms with Crippen LogP contribution in [0.2, 0.25) is 0 Å². The molecule has 0 heterocycles. The van der Waals surface area contributed by atoms with Crippen LogP contribution in [0.5, 0.6) is 0 Å². The van der Waals surface area contributed by atoms with Crippen molar-refractivity contribution in [2.24, 2.45) is 11.7 Å². The maximum atomic E-state index is 11.3. The molecule has 0 aromatic rings. The van der Waals surface area contributed by atoms with Crippen molar-refractivity contribution in [3.8, 4) is 0 Å². The van der Waals surface area contributed by atoms with E-state index in [1.165, 1.54) is 6.42 Å². The molecule has 0 saturated carbocycles. The van der Waals surface area contributed by atoms with Gasteiger partial charge < -0.3 is 16.0 Å². The molecule has 0 aromatic heterocycles. The Kier molecular flexibility index (Phi) is 8.17. The molecule has 1 unspecified atom stereocenters. The smallest absolute Gasteiger partial charge is 0.234 e. The van der Waals surface area contributed by atoms with E-state index in [2.05, 4.69) is 31.1 Å². The van der Waals surface area contributed by atoms with Gasteiger partial charge in [-0.15, -0.1) is 0 Å². The minimum atomic E-state index is -0.254. The SMILES string of the molecule is CC(C)CCN(C)CCC(NC(C)C)C(N)=O.